The third-order valence-electron chi connectivity index (χ3n) is 6.48. The van der Waals surface area contributed by atoms with Crippen LogP contribution in [0.5, 0.6) is 0 Å². The zero-order chi connectivity index (χ0) is 26.0. The SMILES string of the molecule is CCC(=O)N1CCc2cc(Br)c(S(=O)(=O)N3CCCC(C(=O)Nc4ccc(NC(C)=O)cc4)C3)cc21. The largest absolute Gasteiger partial charge is 0.326 e. The van der Waals surface area contributed by atoms with E-state index < -0.39 is 15.9 Å². The van der Waals surface area contributed by atoms with E-state index in [1.807, 2.05) is 0 Å². The van der Waals surface area contributed by atoms with Crippen molar-refractivity contribution in [2.75, 3.05) is 35.2 Å². The van der Waals surface area contributed by atoms with Crippen LogP contribution in [0.4, 0.5) is 17.1 Å². The van der Waals surface area contributed by atoms with Gasteiger partial charge in [0.15, 0.2) is 0 Å². The van der Waals surface area contributed by atoms with Crippen molar-refractivity contribution >= 4 is 60.7 Å². The molecule has 2 heterocycles. The fourth-order valence-corrected chi connectivity index (χ4v) is 7.23. The molecule has 1 unspecified atom stereocenters. The normalized spacial score (nSPS) is 18.0. The molecule has 2 aromatic carbocycles. The Morgan fingerprint density at radius 3 is 2.36 bits per heavy atom. The number of nitrogens with one attached hydrogen (secondary N) is 2. The van der Waals surface area contributed by atoms with Crippen molar-refractivity contribution in [2.24, 2.45) is 5.92 Å². The fraction of sp³-hybridized carbons (Fsp3) is 0.400. The summed E-state index contributed by atoms with van der Waals surface area (Å²) in [7, 11) is -3.90. The standard InChI is InChI=1S/C25H29BrN4O5S/c1-3-24(32)30-12-10-17-13-21(26)23(14-22(17)30)36(34,35)29-11-4-5-18(15-29)25(33)28-20-8-6-19(7-9-20)27-16(2)31/h6-9,13-14,18H,3-5,10-12,15H2,1-2H3,(H,27,31)(H,28,33). The number of sulfonamides is 1. The summed E-state index contributed by atoms with van der Waals surface area (Å²) in [4.78, 5) is 38.2. The number of rotatable bonds is 6. The van der Waals surface area contributed by atoms with Crippen molar-refractivity contribution in [3.05, 3.63) is 46.4 Å². The van der Waals surface area contributed by atoms with Crippen LogP contribution in [0.1, 0.15) is 38.7 Å². The molecule has 4 rings (SSSR count). The van der Waals surface area contributed by atoms with Crippen molar-refractivity contribution < 1.29 is 22.8 Å². The number of piperidine rings is 1. The molecule has 2 N–H and O–H groups in total. The van der Waals surface area contributed by atoms with Gasteiger partial charge < -0.3 is 15.5 Å². The van der Waals surface area contributed by atoms with E-state index in [0.717, 1.165) is 5.56 Å². The summed E-state index contributed by atoms with van der Waals surface area (Å²) in [5.41, 5.74) is 2.76. The van der Waals surface area contributed by atoms with E-state index in [1.54, 1.807) is 48.2 Å². The molecule has 2 aliphatic rings. The molecule has 0 bridgehead atoms. The Morgan fingerprint density at radius 1 is 1.06 bits per heavy atom. The molecule has 1 fully saturated rings. The lowest BCUT2D eigenvalue weighted by Crippen LogP contribution is -2.43. The Bertz CT molecular complexity index is 1300. The number of amides is 3. The number of hydrogen-bond acceptors (Lipinski definition) is 5. The first-order valence-electron chi connectivity index (χ1n) is 11.9. The number of fused-ring (bicyclic) bond motifs is 1. The number of halogens is 1. The van der Waals surface area contributed by atoms with Gasteiger partial charge in [-0.1, -0.05) is 6.92 Å². The number of benzene rings is 2. The first kappa shape index (κ1) is 26.3. The Balaban J connectivity index is 1.50. The van der Waals surface area contributed by atoms with Gasteiger partial charge in [0.05, 0.1) is 10.8 Å². The van der Waals surface area contributed by atoms with E-state index in [-0.39, 0.29) is 29.2 Å². The van der Waals surface area contributed by atoms with Gasteiger partial charge in [0.1, 0.15) is 0 Å². The van der Waals surface area contributed by atoms with Gasteiger partial charge in [-0.05, 0) is 77.2 Å². The first-order valence-corrected chi connectivity index (χ1v) is 14.1. The lowest BCUT2D eigenvalue weighted by atomic mass is 9.98. The summed E-state index contributed by atoms with van der Waals surface area (Å²) in [5.74, 6) is -0.987. The maximum absolute atomic E-state index is 13.6. The van der Waals surface area contributed by atoms with E-state index in [2.05, 4.69) is 26.6 Å². The number of anilines is 3. The predicted molar refractivity (Wildman–Crippen MR) is 141 cm³/mol. The van der Waals surface area contributed by atoms with Crippen molar-refractivity contribution in [1.82, 2.24) is 4.31 Å². The van der Waals surface area contributed by atoms with Gasteiger partial charge in [0, 0.05) is 54.5 Å². The predicted octanol–water partition coefficient (Wildman–Crippen LogP) is 3.75. The average molecular weight is 578 g/mol. The Morgan fingerprint density at radius 2 is 1.72 bits per heavy atom. The quantitative estimate of drug-likeness (QED) is 0.543. The van der Waals surface area contributed by atoms with Crippen LogP contribution in [-0.2, 0) is 30.8 Å². The smallest absolute Gasteiger partial charge is 0.244 e. The monoisotopic (exact) mass is 576 g/mol. The highest BCUT2D eigenvalue weighted by Gasteiger charge is 2.36. The summed E-state index contributed by atoms with van der Waals surface area (Å²) >= 11 is 3.42. The van der Waals surface area contributed by atoms with Crippen LogP contribution in [0, 0.1) is 5.92 Å². The lowest BCUT2D eigenvalue weighted by Gasteiger charge is -2.31. The van der Waals surface area contributed by atoms with Gasteiger partial charge in [0.25, 0.3) is 0 Å². The average Bonchev–Trinajstić information content (AvgIpc) is 3.26. The highest BCUT2D eigenvalue weighted by molar-refractivity contribution is 9.10. The van der Waals surface area contributed by atoms with E-state index in [1.165, 1.54) is 11.2 Å². The number of carbonyl (C=O) groups is 3. The molecule has 0 spiro atoms. The molecule has 192 valence electrons. The third kappa shape index (κ3) is 5.47. The van der Waals surface area contributed by atoms with E-state index >= 15 is 0 Å². The molecule has 3 amide bonds. The van der Waals surface area contributed by atoms with Crippen molar-refractivity contribution in [2.45, 2.75) is 44.4 Å². The molecular formula is C25H29BrN4O5S. The van der Waals surface area contributed by atoms with Crippen LogP contribution in [0.15, 0.2) is 45.8 Å². The van der Waals surface area contributed by atoms with Crippen molar-refractivity contribution in [3.8, 4) is 0 Å². The maximum Gasteiger partial charge on any atom is 0.244 e. The molecule has 2 aliphatic heterocycles. The second kappa shape index (κ2) is 10.7. The molecule has 0 aliphatic carbocycles. The molecule has 11 heteroatoms. The van der Waals surface area contributed by atoms with Crippen LogP contribution in [0.25, 0.3) is 0 Å². The second-order valence-electron chi connectivity index (χ2n) is 9.01. The van der Waals surface area contributed by atoms with E-state index in [4.69, 9.17) is 0 Å². The number of hydrogen-bond donors (Lipinski definition) is 2. The highest BCUT2D eigenvalue weighted by Crippen LogP contribution is 2.37. The molecule has 0 aromatic heterocycles. The van der Waals surface area contributed by atoms with Crippen molar-refractivity contribution in [3.63, 3.8) is 0 Å². The zero-order valence-corrected chi connectivity index (χ0v) is 22.6. The molecule has 1 atom stereocenters. The molecule has 2 aromatic rings. The Labute approximate surface area is 219 Å². The van der Waals surface area contributed by atoms with Gasteiger partial charge in [0.2, 0.25) is 27.7 Å². The van der Waals surface area contributed by atoms with Crippen LogP contribution < -0.4 is 15.5 Å². The molecule has 36 heavy (non-hydrogen) atoms. The molecule has 9 nitrogen and oxygen atoms in total. The summed E-state index contributed by atoms with van der Waals surface area (Å²) < 4.78 is 29.1. The van der Waals surface area contributed by atoms with Gasteiger partial charge in [-0.2, -0.15) is 4.31 Å². The molecule has 0 radical (unpaired) electrons. The van der Waals surface area contributed by atoms with Crippen LogP contribution >= 0.6 is 15.9 Å². The Hall–Kier alpha value is -2.76. The summed E-state index contributed by atoms with van der Waals surface area (Å²) in [5, 5.41) is 5.52. The van der Waals surface area contributed by atoms with Crippen molar-refractivity contribution in [1.29, 1.82) is 0 Å². The Kier molecular flexibility index (Phi) is 7.82. The minimum absolute atomic E-state index is 0.0424. The van der Waals surface area contributed by atoms with E-state index in [0.29, 0.717) is 60.3 Å². The summed E-state index contributed by atoms with van der Waals surface area (Å²) in [6.45, 7) is 4.13. The summed E-state index contributed by atoms with van der Waals surface area (Å²) in [6.07, 6.45) is 2.15. The lowest BCUT2D eigenvalue weighted by molar-refractivity contribution is -0.121. The zero-order valence-electron chi connectivity index (χ0n) is 20.2. The molecule has 1 saturated heterocycles. The highest BCUT2D eigenvalue weighted by atomic mass is 79.9. The summed E-state index contributed by atoms with van der Waals surface area (Å²) in [6, 6.07) is 10.1. The maximum atomic E-state index is 13.6. The number of nitrogens with zero attached hydrogens (tertiary/aromatic N) is 2. The minimum Gasteiger partial charge on any atom is -0.326 e. The van der Waals surface area contributed by atoms with E-state index in [9.17, 15) is 22.8 Å². The topological polar surface area (TPSA) is 116 Å². The van der Waals surface area contributed by atoms with Gasteiger partial charge >= 0.3 is 0 Å². The van der Waals surface area contributed by atoms with Crippen LogP contribution in [0.2, 0.25) is 0 Å². The second-order valence-corrected chi connectivity index (χ2v) is 11.8. The fourth-order valence-electron chi connectivity index (χ4n) is 4.63. The molecular weight excluding hydrogens is 548 g/mol. The van der Waals surface area contributed by atoms with Crippen LogP contribution in [-0.4, -0.2) is 50.1 Å². The van der Waals surface area contributed by atoms with Gasteiger partial charge in [-0.3, -0.25) is 14.4 Å². The van der Waals surface area contributed by atoms with Gasteiger partial charge in [-0.25, -0.2) is 8.42 Å². The molecule has 0 saturated carbocycles. The van der Waals surface area contributed by atoms with Crippen LogP contribution in [0.3, 0.4) is 0 Å². The van der Waals surface area contributed by atoms with Gasteiger partial charge in [-0.15, -0.1) is 0 Å². The first-order chi connectivity index (χ1) is 17.1. The number of carbonyl (C=O) groups excluding carboxylic acids is 3. The minimum atomic E-state index is -3.90. The third-order valence-corrected chi connectivity index (χ3v) is 9.30.